The van der Waals surface area contributed by atoms with E-state index in [2.05, 4.69) is 0 Å². The standard InChI is InChI=1S/C18H21N3O2/c1-21(2,15(17(19)22)13-9-5-3-6-10-13)16(18(20)23)14-11-7-4-8-12-14/h3-12,15-16H,1-2H3,(H3-,19,20,22,23)/p+1. The second-order valence-electron chi connectivity index (χ2n) is 6.06. The van der Waals surface area contributed by atoms with Crippen LogP contribution >= 0.6 is 0 Å². The summed E-state index contributed by atoms with van der Waals surface area (Å²) in [5.41, 5.74) is 12.8. The molecule has 0 aromatic heterocycles. The number of benzene rings is 2. The van der Waals surface area contributed by atoms with Crippen molar-refractivity contribution in [2.24, 2.45) is 11.5 Å². The molecule has 2 atom stereocenters. The van der Waals surface area contributed by atoms with Crippen LogP contribution in [0.4, 0.5) is 0 Å². The van der Waals surface area contributed by atoms with Gasteiger partial charge in [-0.05, 0) is 0 Å². The van der Waals surface area contributed by atoms with Crippen molar-refractivity contribution >= 4 is 11.8 Å². The zero-order chi connectivity index (χ0) is 17.0. The van der Waals surface area contributed by atoms with E-state index in [4.69, 9.17) is 11.5 Å². The summed E-state index contributed by atoms with van der Waals surface area (Å²) < 4.78 is 0.0265. The second kappa shape index (κ2) is 6.62. The summed E-state index contributed by atoms with van der Waals surface area (Å²) in [6.45, 7) is 0. The number of primary amides is 2. The molecular weight excluding hydrogens is 290 g/mol. The Morgan fingerprint density at radius 1 is 0.739 bits per heavy atom. The minimum absolute atomic E-state index is 0.0265. The molecule has 2 amide bonds. The van der Waals surface area contributed by atoms with Crippen molar-refractivity contribution in [2.45, 2.75) is 12.1 Å². The molecule has 4 N–H and O–H groups in total. The number of rotatable bonds is 6. The second-order valence-corrected chi connectivity index (χ2v) is 6.06. The van der Waals surface area contributed by atoms with Gasteiger partial charge in [0, 0.05) is 11.1 Å². The van der Waals surface area contributed by atoms with Crippen LogP contribution < -0.4 is 11.5 Å². The Kier molecular flexibility index (Phi) is 4.81. The first kappa shape index (κ1) is 16.7. The monoisotopic (exact) mass is 312 g/mol. The molecule has 0 saturated carbocycles. The van der Waals surface area contributed by atoms with Crippen LogP contribution in [0.25, 0.3) is 0 Å². The summed E-state index contributed by atoms with van der Waals surface area (Å²) in [5.74, 6) is -0.994. The Balaban J connectivity index is 2.55. The fraction of sp³-hybridized carbons (Fsp3) is 0.222. The highest BCUT2D eigenvalue weighted by Crippen LogP contribution is 2.35. The quantitative estimate of drug-likeness (QED) is 0.792. The molecule has 2 rings (SSSR count). The Bertz CT molecular complexity index is 624. The SMILES string of the molecule is C[N+](C)(C(C(N)=O)c1ccccc1)C(C(N)=O)c1ccccc1. The third kappa shape index (κ3) is 3.40. The van der Waals surface area contributed by atoms with Crippen LogP contribution in [-0.2, 0) is 9.59 Å². The van der Waals surface area contributed by atoms with Crippen molar-refractivity contribution in [3.63, 3.8) is 0 Å². The third-order valence-corrected chi connectivity index (χ3v) is 4.10. The molecule has 5 heteroatoms. The molecule has 0 bridgehead atoms. The summed E-state index contributed by atoms with van der Waals surface area (Å²) in [5, 5.41) is 0. The van der Waals surface area contributed by atoms with Gasteiger partial charge in [0.15, 0.2) is 12.1 Å². The number of nitrogens with two attached hydrogens (primary N) is 2. The molecular formula is C18H22N3O2+. The molecule has 0 aliphatic rings. The average molecular weight is 312 g/mol. The molecule has 2 unspecified atom stereocenters. The van der Waals surface area contributed by atoms with Crippen LogP contribution in [0.3, 0.4) is 0 Å². The minimum atomic E-state index is -0.686. The third-order valence-electron chi connectivity index (χ3n) is 4.10. The van der Waals surface area contributed by atoms with Gasteiger partial charge in [-0.3, -0.25) is 9.59 Å². The Morgan fingerprint density at radius 3 is 1.30 bits per heavy atom. The number of nitrogens with zero attached hydrogens (tertiary/aromatic N) is 1. The highest BCUT2D eigenvalue weighted by atomic mass is 16.2. The molecule has 23 heavy (non-hydrogen) atoms. The van der Waals surface area contributed by atoms with Crippen LogP contribution in [-0.4, -0.2) is 30.4 Å². The van der Waals surface area contributed by atoms with E-state index in [9.17, 15) is 9.59 Å². The van der Waals surface area contributed by atoms with Crippen molar-refractivity contribution in [3.05, 3.63) is 71.8 Å². The van der Waals surface area contributed by atoms with E-state index in [-0.39, 0.29) is 4.48 Å². The average Bonchev–Trinajstić information content (AvgIpc) is 2.48. The van der Waals surface area contributed by atoms with Crippen molar-refractivity contribution in [1.29, 1.82) is 0 Å². The summed E-state index contributed by atoms with van der Waals surface area (Å²) in [6.07, 6.45) is 0. The maximum Gasteiger partial charge on any atom is 0.280 e. The van der Waals surface area contributed by atoms with Crippen LogP contribution in [0.1, 0.15) is 23.2 Å². The molecule has 0 spiro atoms. The zero-order valence-corrected chi connectivity index (χ0v) is 13.3. The number of carbonyl (C=O) groups excluding carboxylic acids is 2. The summed E-state index contributed by atoms with van der Waals surface area (Å²) in [6, 6.07) is 17.0. The van der Waals surface area contributed by atoms with Gasteiger partial charge in [0.1, 0.15) is 0 Å². The topological polar surface area (TPSA) is 86.2 Å². The lowest BCUT2D eigenvalue weighted by molar-refractivity contribution is -0.932. The molecule has 0 aliphatic carbocycles. The van der Waals surface area contributed by atoms with E-state index in [0.717, 1.165) is 11.1 Å². The number of hydrogen-bond acceptors (Lipinski definition) is 2. The van der Waals surface area contributed by atoms with Crippen molar-refractivity contribution in [2.75, 3.05) is 14.1 Å². The first-order valence-electron chi connectivity index (χ1n) is 7.37. The lowest BCUT2D eigenvalue weighted by atomic mass is 9.96. The molecule has 0 aliphatic heterocycles. The van der Waals surface area contributed by atoms with E-state index >= 15 is 0 Å². The summed E-state index contributed by atoms with van der Waals surface area (Å²) >= 11 is 0. The van der Waals surface area contributed by atoms with Gasteiger partial charge in [-0.15, -0.1) is 0 Å². The number of quaternary nitrogens is 1. The smallest absolute Gasteiger partial charge is 0.280 e. The number of hydrogen-bond donors (Lipinski definition) is 2. The van der Waals surface area contributed by atoms with Gasteiger partial charge in [0.05, 0.1) is 14.1 Å². The Morgan fingerprint density at radius 2 is 1.04 bits per heavy atom. The van der Waals surface area contributed by atoms with Gasteiger partial charge in [0.25, 0.3) is 11.8 Å². The largest absolute Gasteiger partial charge is 0.364 e. The fourth-order valence-electron chi connectivity index (χ4n) is 3.17. The fourth-order valence-corrected chi connectivity index (χ4v) is 3.17. The lowest BCUT2D eigenvalue weighted by Crippen LogP contribution is -2.54. The van der Waals surface area contributed by atoms with Gasteiger partial charge < -0.3 is 16.0 Å². The highest BCUT2D eigenvalue weighted by molar-refractivity contribution is 5.83. The lowest BCUT2D eigenvalue weighted by Gasteiger charge is -2.41. The van der Waals surface area contributed by atoms with Crippen molar-refractivity contribution < 1.29 is 14.1 Å². The highest BCUT2D eigenvalue weighted by Gasteiger charge is 2.44. The Hall–Kier alpha value is -2.66. The van der Waals surface area contributed by atoms with Gasteiger partial charge in [-0.1, -0.05) is 60.7 Å². The van der Waals surface area contributed by atoms with Crippen LogP contribution in [0.15, 0.2) is 60.7 Å². The van der Waals surface area contributed by atoms with E-state index < -0.39 is 23.9 Å². The van der Waals surface area contributed by atoms with E-state index in [0.29, 0.717) is 0 Å². The molecule has 120 valence electrons. The van der Waals surface area contributed by atoms with Gasteiger partial charge >= 0.3 is 0 Å². The molecule has 0 heterocycles. The van der Waals surface area contributed by atoms with Crippen LogP contribution in [0.5, 0.6) is 0 Å². The number of amides is 2. The van der Waals surface area contributed by atoms with Gasteiger partial charge in [-0.25, -0.2) is 0 Å². The number of likely N-dealkylation sites (N-methyl/N-ethyl adjacent to an activating group) is 1. The predicted octanol–water partition coefficient (Wildman–Crippen LogP) is 1.52. The van der Waals surface area contributed by atoms with Crippen LogP contribution in [0, 0.1) is 0 Å². The minimum Gasteiger partial charge on any atom is -0.364 e. The summed E-state index contributed by atoms with van der Waals surface area (Å²) in [7, 11) is 3.59. The van der Waals surface area contributed by atoms with E-state index in [1.165, 1.54) is 0 Å². The molecule has 0 radical (unpaired) electrons. The Labute approximate surface area is 136 Å². The number of carbonyl (C=O) groups is 2. The first-order chi connectivity index (χ1) is 10.9. The van der Waals surface area contributed by atoms with Gasteiger partial charge in [-0.2, -0.15) is 0 Å². The van der Waals surface area contributed by atoms with Crippen LogP contribution in [0.2, 0.25) is 0 Å². The van der Waals surface area contributed by atoms with E-state index in [1.807, 2.05) is 60.7 Å². The van der Waals surface area contributed by atoms with Gasteiger partial charge in [0.2, 0.25) is 0 Å². The molecule has 2 aromatic rings. The molecule has 0 fully saturated rings. The molecule has 0 saturated heterocycles. The zero-order valence-electron chi connectivity index (χ0n) is 13.3. The summed E-state index contributed by atoms with van der Waals surface area (Å²) in [4.78, 5) is 24.3. The molecule has 2 aromatic carbocycles. The normalized spacial score (nSPS) is 14.0. The van der Waals surface area contributed by atoms with E-state index in [1.54, 1.807) is 14.1 Å². The van der Waals surface area contributed by atoms with Crippen molar-refractivity contribution in [1.82, 2.24) is 0 Å². The first-order valence-corrected chi connectivity index (χ1v) is 7.37. The van der Waals surface area contributed by atoms with Crippen molar-refractivity contribution in [3.8, 4) is 0 Å². The predicted molar refractivity (Wildman–Crippen MR) is 88.9 cm³/mol. The molecule has 5 nitrogen and oxygen atoms in total. The maximum absolute atomic E-state index is 12.2. The maximum atomic E-state index is 12.2.